The van der Waals surface area contributed by atoms with Crippen LogP contribution < -0.4 is 0 Å². The number of esters is 3. The zero-order valence-electron chi connectivity index (χ0n) is 50.4. The Morgan fingerprint density at radius 3 is 2.17 bits per heavy atom. The molecule has 21 nitrogen and oxygen atoms in total. The average Bonchev–Trinajstić information content (AvgIpc) is 2.00. The van der Waals surface area contributed by atoms with E-state index in [9.17, 15) is 54.9 Å². The molecule has 10 bridgehead atoms. The van der Waals surface area contributed by atoms with Gasteiger partial charge in [-0.3, -0.25) is 19.2 Å². The Balaban J connectivity index is 1.22. The third-order valence-corrected chi connectivity index (χ3v) is 18.3. The Kier molecular flexibility index (Phi) is 23.0. The summed E-state index contributed by atoms with van der Waals surface area (Å²) in [6.07, 6.45) is -6.46. The standard InChI is InChI=1S/C63H96O21/c1-12-13-17-42(66)20-34(2)21-53-55(71)57-39(7)58(78-53)59(72)63(74)32-51(69)37(5)52(84-63)19-16-14-15-18-44-23-43(67)28-61(80-44)30-47(75-11)24-45(81-61)26-50(68)38(6)56(77-41(9)65)36(4)35(3)22-49-29-60(10,73)33-62(83-49)31-48(76-40(8)64)25-46(82-62)27-54(70)79-57/h12-13,15,17-18,36-39,42-49,51-53,55-59,66-67,69,71-74H,1-3,14,16,19-33H2,4-11H3/b17-13+,18-15?/t36-,37-,38+,39+,42-,43+,44+,45?,46?,47+,48+,49+,51+,52-,53+,55+,56+,57+,58?,59+,60+,61-,62-,63-/m0/s1. The number of aliphatic hydroxyl groups is 7. The largest absolute Gasteiger partial charge is 0.462 e. The third-order valence-electron chi connectivity index (χ3n) is 18.3. The number of allylic oxidation sites excluding steroid dienone is 3. The SMILES string of the molecule is C=C/C=C/[C@H](O)CC(=C)C[C@H]1OC2[C@@H](O)[C@]3(O)C[C@@H](O)[C@H](C)[C@H](CCCC=C[C@@H]4C[C@@H](O)C[C@]5(C[C@H](OC)CC(CC(=O)[C@@H](C)[C@H](OC(C)=O)[C@@H](C)C(=C)C[C@@H]6C[C@@](C)(O)C[C@]7(C[C@H](OC(C)=O)CC(CC(=O)O[C@@H]([C@@H]1O)[C@H]2C)O7)O6)O5)O4)O3. The molecule has 0 aliphatic carbocycles. The van der Waals surface area contributed by atoms with Crippen molar-refractivity contribution in [3.8, 4) is 0 Å². The minimum Gasteiger partial charge on any atom is -0.462 e. The third kappa shape index (κ3) is 17.3. The molecule has 0 radical (unpaired) electrons. The van der Waals surface area contributed by atoms with Crippen molar-refractivity contribution < 1.29 is 102 Å². The lowest BCUT2D eigenvalue weighted by Gasteiger charge is -2.52. The van der Waals surface area contributed by atoms with Crippen molar-refractivity contribution in [2.75, 3.05) is 7.11 Å². The lowest BCUT2D eigenvalue weighted by atomic mass is 9.78. The molecule has 7 heterocycles. The second kappa shape index (κ2) is 28.6. The number of aliphatic hydroxyl groups excluding tert-OH is 5. The maximum Gasteiger partial charge on any atom is 0.308 e. The highest BCUT2D eigenvalue weighted by Crippen LogP contribution is 2.48. The fourth-order valence-corrected chi connectivity index (χ4v) is 14.1. The molecule has 0 saturated carbocycles. The maximum atomic E-state index is 14.4. The van der Waals surface area contributed by atoms with Crippen LogP contribution in [0.25, 0.3) is 0 Å². The molecule has 0 aromatic heterocycles. The summed E-state index contributed by atoms with van der Waals surface area (Å²) in [5.41, 5.74) is -0.456. The van der Waals surface area contributed by atoms with E-state index in [0.717, 1.165) is 0 Å². The molecule has 7 aliphatic heterocycles. The molecule has 84 heavy (non-hydrogen) atoms. The summed E-state index contributed by atoms with van der Waals surface area (Å²) >= 11 is 0. The molecule has 7 rings (SSSR count). The van der Waals surface area contributed by atoms with Crippen molar-refractivity contribution in [1.82, 2.24) is 0 Å². The lowest BCUT2D eigenvalue weighted by molar-refractivity contribution is -0.351. The van der Waals surface area contributed by atoms with Gasteiger partial charge < -0.3 is 83.1 Å². The zero-order valence-corrected chi connectivity index (χ0v) is 50.4. The predicted octanol–water partition coefficient (Wildman–Crippen LogP) is 5.34. The Morgan fingerprint density at radius 1 is 0.810 bits per heavy atom. The molecule has 2 spiro atoms. The van der Waals surface area contributed by atoms with Crippen LogP contribution in [-0.4, -0.2) is 187 Å². The van der Waals surface area contributed by atoms with Gasteiger partial charge >= 0.3 is 17.9 Å². The summed E-state index contributed by atoms with van der Waals surface area (Å²) in [7, 11) is 1.57. The number of carbonyl (C=O) groups is 4. The molecule has 6 fully saturated rings. The first-order valence-corrected chi connectivity index (χ1v) is 30.2. The molecular formula is C63H96O21. The molecule has 0 aromatic rings. The van der Waals surface area contributed by atoms with Gasteiger partial charge in [-0.05, 0) is 45.4 Å². The highest BCUT2D eigenvalue weighted by atomic mass is 16.7. The van der Waals surface area contributed by atoms with E-state index in [1.165, 1.54) is 26.0 Å². The van der Waals surface area contributed by atoms with Crippen molar-refractivity contribution in [1.29, 1.82) is 0 Å². The van der Waals surface area contributed by atoms with Crippen LogP contribution >= 0.6 is 0 Å². The Bertz CT molecular complexity index is 2370. The zero-order chi connectivity index (χ0) is 61.6. The number of fused-ring (bicyclic) bond motifs is 8. The number of Topliss-reactive ketones (excluding diaryl/α,β-unsaturated/α-hetero) is 1. The van der Waals surface area contributed by atoms with Crippen molar-refractivity contribution >= 4 is 23.7 Å². The molecular weight excluding hydrogens is 1090 g/mol. The molecule has 7 N–H and O–H groups in total. The molecule has 0 amide bonds. The van der Waals surface area contributed by atoms with Gasteiger partial charge in [-0.15, -0.1) is 0 Å². The summed E-state index contributed by atoms with van der Waals surface area (Å²) in [4.78, 5) is 54.3. The van der Waals surface area contributed by atoms with Crippen LogP contribution in [0.15, 0.2) is 61.3 Å². The summed E-state index contributed by atoms with van der Waals surface area (Å²) in [5.74, 6) is -10.6. The lowest BCUT2D eigenvalue weighted by Crippen LogP contribution is -2.65. The highest BCUT2D eigenvalue weighted by molar-refractivity contribution is 5.82. The van der Waals surface area contributed by atoms with Crippen LogP contribution in [0.1, 0.15) is 158 Å². The Labute approximate surface area is 494 Å². The molecule has 21 heteroatoms. The van der Waals surface area contributed by atoms with Crippen LogP contribution in [0, 0.1) is 23.7 Å². The normalized spacial score (nSPS) is 44.5. The van der Waals surface area contributed by atoms with Gasteiger partial charge in [0, 0.05) is 103 Å². The van der Waals surface area contributed by atoms with Crippen LogP contribution in [0.5, 0.6) is 0 Å². The van der Waals surface area contributed by atoms with E-state index in [1.54, 1.807) is 47.8 Å². The summed E-state index contributed by atoms with van der Waals surface area (Å²) < 4.78 is 63.4. The number of carbonyl (C=O) groups excluding carboxylic acids is 4. The number of hydrogen-bond donors (Lipinski definition) is 7. The second-order valence-electron chi connectivity index (χ2n) is 25.8. The van der Waals surface area contributed by atoms with E-state index in [2.05, 4.69) is 19.7 Å². The van der Waals surface area contributed by atoms with E-state index in [0.29, 0.717) is 43.3 Å². The van der Waals surface area contributed by atoms with Gasteiger partial charge in [0.2, 0.25) is 0 Å². The van der Waals surface area contributed by atoms with E-state index in [4.69, 9.17) is 47.4 Å². The van der Waals surface area contributed by atoms with Gasteiger partial charge in [0.05, 0.1) is 85.1 Å². The van der Waals surface area contributed by atoms with Crippen molar-refractivity contribution in [3.05, 3.63) is 61.3 Å². The number of hydrogen-bond acceptors (Lipinski definition) is 21. The average molecular weight is 1190 g/mol. The quantitative estimate of drug-likeness (QED) is 0.0663. The fraction of sp³-hybridized carbons (Fsp3) is 0.778. The van der Waals surface area contributed by atoms with E-state index >= 15 is 0 Å². The topological polar surface area (TPSA) is 302 Å². The van der Waals surface area contributed by atoms with Gasteiger partial charge in [0.15, 0.2) is 17.4 Å². The van der Waals surface area contributed by atoms with Crippen molar-refractivity contribution in [2.24, 2.45) is 23.7 Å². The summed E-state index contributed by atoms with van der Waals surface area (Å²) in [6.45, 7) is 23.1. The van der Waals surface area contributed by atoms with Crippen molar-refractivity contribution in [3.63, 3.8) is 0 Å². The van der Waals surface area contributed by atoms with Crippen LogP contribution in [0.3, 0.4) is 0 Å². The van der Waals surface area contributed by atoms with Gasteiger partial charge in [0.25, 0.3) is 0 Å². The number of methoxy groups -OCH3 is 1. The summed E-state index contributed by atoms with van der Waals surface area (Å²) in [5, 5.41) is 82.3. The monoisotopic (exact) mass is 1190 g/mol. The highest BCUT2D eigenvalue weighted by Gasteiger charge is 2.58. The minimum absolute atomic E-state index is 0.0156. The van der Waals surface area contributed by atoms with Crippen molar-refractivity contribution in [2.45, 2.75) is 278 Å². The first-order chi connectivity index (χ1) is 39.4. The van der Waals surface area contributed by atoms with Gasteiger partial charge in [0.1, 0.15) is 36.3 Å². The smallest absolute Gasteiger partial charge is 0.308 e. The molecule has 474 valence electrons. The first kappa shape index (κ1) is 67.7. The van der Waals surface area contributed by atoms with E-state index < -0.39 is 169 Å². The molecule has 0 aromatic carbocycles. The van der Waals surface area contributed by atoms with Gasteiger partial charge in [-0.1, -0.05) is 89.0 Å². The first-order valence-electron chi connectivity index (χ1n) is 30.2. The second-order valence-corrected chi connectivity index (χ2v) is 25.8. The van der Waals surface area contributed by atoms with Crippen LogP contribution in [0.2, 0.25) is 0 Å². The molecule has 3 unspecified atom stereocenters. The Morgan fingerprint density at radius 2 is 1.48 bits per heavy atom. The Hall–Kier alpha value is -3.78. The van der Waals surface area contributed by atoms with E-state index in [-0.39, 0.29) is 76.1 Å². The molecule has 7 aliphatic rings. The van der Waals surface area contributed by atoms with Crippen LogP contribution in [0.4, 0.5) is 0 Å². The maximum absolute atomic E-state index is 14.4. The molecule has 24 atom stereocenters. The van der Waals surface area contributed by atoms with Gasteiger partial charge in [-0.2, -0.15) is 0 Å². The predicted molar refractivity (Wildman–Crippen MR) is 303 cm³/mol. The number of rotatable bonds is 9. The number of ketones is 1. The van der Waals surface area contributed by atoms with Gasteiger partial charge in [-0.25, -0.2) is 0 Å². The van der Waals surface area contributed by atoms with Crippen LogP contribution in [-0.2, 0) is 66.5 Å². The van der Waals surface area contributed by atoms with E-state index in [1.807, 2.05) is 12.2 Å². The summed E-state index contributed by atoms with van der Waals surface area (Å²) in [6, 6.07) is 0. The molecule has 6 saturated heterocycles. The fourth-order valence-electron chi connectivity index (χ4n) is 14.1. The number of ether oxygens (including phenoxy) is 10. The minimum atomic E-state index is -2.39.